The number of methoxy groups -OCH3 is 1. The average molecular weight is 338 g/mol. The highest BCUT2D eigenvalue weighted by molar-refractivity contribution is 7.89. The topological polar surface area (TPSA) is 46.6 Å². The fraction of sp³-hybridized carbons (Fsp3) is 0.538. The van der Waals surface area contributed by atoms with Crippen LogP contribution >= 0.6 is 23.2 Å². The molecule has 1 fully saturated rings. The number of piperidine rings is 1. The summed E-state index contributed by atoms with van der Waals surface area (Å²) in [5, 5.41) is 0.382. The monoisotopic (exact) mass is 337 g/mol. The van der Waals surface area contributed by atoms with E-state index in [2.05, 4.69) is 0 Å². The Balaban J connectivity index is 2.20. The molecule has 0 amide bonds. The van der Waals surface area contributed by atoms with E-state index >= 15 is 0 Å². The second kappa shape index (κ2) is 6.62. The minimum Gasteiger partial charge on any atom is -0.381 e. The quantitative estimate of drug-likeness (QED) is 0.793. The summed E-state index contributed by atoms with van der Waals surface area (Å²) in [6.45, 7) is 0.936. The first kappa shape index (κ1) is 16.0. The van der Waals surface area contributed by atoms with E-state index in [1.165, 1.54) is 10.4 Å². The fourth-order valence-electron chi connectivity index (χ4n) is 2.25. The molecule has 1 aliphatic heterocycles. The normalized spacial score (nSPS) is 18.4. The maximum Gasteiger partial charge on any atom is 0.243 e. The lowest BCUT2D eigenvalue weighted by atomic mass is 10.1. The lowest BCUT2D eigenvalue weighted by molar-refractivity contribution is 0.0604. The van der Waals surface area contributed by atoms with Gasteiger partial charge in [0.1, 0.15) is 0 Å². The van der Waals surface area contributed by atoms with Crippen LogP contribution in [0.1, 0.15) is 18.4 Å². The molecule has 1 aromatic rings. The molecule has 0 spiro atoms. The Morgan fingerprint density at radius 1 is 1.35 bits per heavy atom. The Kier molecular flexibility index (Phi) is 5.31. The molecule has 0 bridgehead atoms. The van der Waals surface area contributed by atoms with Gasteiger partial charge in [0.2, 0.25) is 10.0 Å². The van der Waals surface area contributed by atoms with Crippen LogP contribution in [0.5, 0.6) is 0 Å². The van der Waals surface area contributed by atoms with E-state index in [0.29, 0.717) is 31.0 Å². The van der Waals surface area contributed by atoms with Crippen LogP contribution in [-0.4, -0.2) is 39.0 Å². The van der Waals surface area contributed by atoms with Crippen molar-refractivity contribution in [3.8, 4) is 0 Å². The average Bonchev–Trinajstić information content (AvgIpc) is 2.47. The van der Waals surface area contributed by atoms with Gasteiger partial charge < -0.3 is 4.74 Å². The third kappa shape index (κ3) is 3.28. The van der Waals surface area contributed by atoms with E-state index in [0.717, 1.165) is 5.56 Å². The first-order valence-corrected chi connectivity index (χ1v) is 8.71. The number of rotatable bonds is 4. The van der Waals surface area contributed by atoms with Crippen LogP contribution in [0.2, 0.25) is 5.02 Å². The second-order valence-corrected chi connectivity index (χ2v) is 7.34. The number of alkyl halides is 1. The molecule has 112 valence electrons. The maximum absolute atomic E-state index is 12.5. The molecule has 2 rings (SSSR count). The van der Waals surface area contributed by atoms with Crippen LogP contribution in [0.3, 0.4) is 0 Å². The zero-order valence-electron chi connectivity index (χ0n) is 11.2. The Labute approximate surface area is 129 Å². The summed E-state index contributed by atoms with van der Waals surface area (Å²) >= 11 is 11.8. The number of halogens is 2. The smallest absolute Gasteiger partial charge is 0.243 e. The third-order valence-electron chi connectivity index (χ3n) is 3.54. The van der Waals surface area contributed by atoms with Gasteiger partial charge in [0.25, 0.3) is 0 Å². The lowest BCUT2D eigenvalue weighted by Crippen LogP contribution is -2.40. The molecule has 0 radical (unpaired) electrons. The lowest BCUT2D eigenvalue weighted by Gasteiger charge is -2.30. The van der Waals surface area contributed by atoms with E-state index < -0.39 is 10.0 Å². The van der Waals surface area contributed by atoms with Crippen molar-refractivity contribution in [2.45, 2.75) is 29.7 Å². The van der Waals surface area contributed by atoms with Crippen molar-refractivity contribution in [3.05, 3.63) is 28.8 Å². The summed E-state index contributed by atoms with van der Waals surface area (Å²) in [6.07, 6.45) is 1.57. The van der Waals surface area contributed by atoms with Crippen molar-refractivity contribution in [1.29, 1.82) is 0 Å². The van der Waals surface area contributed by atoms with Crippen LogP contribution in [0.4, 0.5) is 0 Å². The first-order chi connectivity index (χ1) is 9.48. The molecular weight excluding hydrogens is 321 g/mol. The summed E-state index contributed by atoms with van der Waals surface area (Å²) < 4.78 is 31.8. The van der Waals surface area contributed by atoms with Crippen molar-refractivity contribution in [1.82, 2.24) is 4.31 Å². The van der Waals surface area contributed by atoms with Gasteiger partial charge in [-0.05, 0) is 30.5 Å². The highest BCUT2D eigenvalue weighted by Crippen LogP contribution is 2.26. The minimum absolute atomic E-state index is 0.142. The van der Waals surface area contributed by atoms with Gasteiger partial charge in [-0.15, -0.1) is 11.6 Å². The number of hydrogen-bond donors (Lipinski definition) is 0. The predicted molar refractivity (Wildman–Crippen MR) is 79.8 cm³/mol. The summed E-state index contributed by atoms with van der Waals surface area (Å²) in [7, 11) is -1.84. The molecule has 0 saturated carbocycles. The van der Waals surface area contributed by atoms with Gasteiger partial charge in [0.15, 0.2) is 0 Å². The molecule has 7 heteroatoms. The highest BCUT2D eigenvalue weighted by Gasteiger charge is 2.29. The summed E-state index contributed by atoms with van der Waals surface area (Å²) in [6, 6.07) is 4.68. The van der Waals surface area contributed by atoms with Gasteiger partial charge in [0, 0.05) is 31.1 Å². The van der Waals surface area contributed by atoms with Gasteiger partial charge in [0.05, 0.1) is 11.0 Å². The molecule has 20 heavy (non-hydrogen) atoms. The molecule has 1 aromatic carbocycles. The zero-order valence-corrected chi connectivity index (χ0v) is 13.5. The zero-order chi connectivity index (χ0) is 14.8. The van der Waals surface area contributed by atoms with Crippen molar-refractivity contribution in [3.63, 3.8) is 0 Å². The fourth-order valence-corrected chi connectivity index (χ4v) is 4.36. The molecular formula is C13H17Cl2NO3S. The molecule has 0 unspecified atom stereocenters. The Hall–Kier alpha value is -0.330. The van der Waals surface area contributed by atoms with Crippen molar-refractivity contribution in [2.75, 3.05) is 20.2 Å². The minimum atomic E-state index is -3.49. The molecule has 1 aliphatic rings. The Morgan fingerprint density at radius 3 is 2.50 bits per heavy atom. The van der Waals surface area contributed by atoms with Crippen molar-refractivity contribution >= 4 is 33.2 Å². The van der Waals surface area contributed by atoms with Gasteiger partial charge in [-0.3, -0.25) is 0 Å². The van der Waals surface area contributed by atoms with Gasteiger partial charge in [-0.2, -0.15) is 4.31 Å². The van der Waals surface area contributed by atoms with E-state index in [4.69, 9.17) is 27.9 Å². The summed E-state index contributed by atoms with van der Waals surface area (Å²) in [4.78, 5) is 0.215. The van der Waals surface area contributed by atoms with Gasteiger partial charge in [-0.25, -0.2) is 8.42 Å². The van der Waals surface area contributed by atoms with Crippen LogP contribution in [0.25, 0.3) is 0 Å². The van der Waals surface area contributed by atoms with Crippen LogP contribution < -0.4 is 0 Å². The number of hydrogen-bond acceptors (Lipinski definition) is 3. The molecule has 0 aliphatic carbocycles. The summed E-state index contributed by atoms with van der Waals surface area (Å²) in [5.74, 6) is 0.262. The van der Waals surface area contributed by atoms with E-state index in [-0.39, 0.29) is 16.9 Å². The van der Waals surface area contributed by atoms with Crippen molar-refractivity contribution < 1.29 is 13.2 Å². The SMILES string of the molecule is COC1CCN(S(=O)(=O)c2ccc(CCl)c(Cl)c2)CC1. The number of ether oxygens (including phenoxy) is 1. The Bertz CT molecular complexity index is 569. The Morgan fingerprint density at radius 2 is 2.00 bits per heavy atom. The number of nitrogens with zero attached hydrogens (tertiary/aromatic N) is 1. The molecule has 4 nitrogen and oxygen atoms in total. The van der Waals surface area contributed by atoms with Crippen molar-refractivity contribution in [2.24, 2.45) is 0 Å². The van der Waals surface area contributed by atoms with E-state index in [1.54, 1.807) is 19.2 Å². The first-order valence-electron chi connectivity index (χ1n) is 6.36. The maximum atomic E-state index is 12.5. The van der Waals surface area contributed by atoms with E-state index in [9.17, 15) is 8.42 Å². The molecule has 0 atom stereocenters. The highest BCUT2D eigenvalue weighted by atomic mass is 35.5. The van der Waals surface area contributed by atoms with Crippen LogP contribution in [-0.2, 0) is 20.6 Å². The second-order valence-electron chi connectivity index (χ2n) is 4.73. The largest absolute Gasteiger partial charge is 0.381 e. The van der Waals surface area contributed by atoms with Gasteiger partial charge >= 0.3 is 0 Å². The molecule has 0 aromatic heterocycles. The van der Waals surface area contributed by atoms with Gasteiger partial charge in [-0.1, -0.05) is 17.7 Å². The van der Waals surface area contributed by atoms with E-state index in [1.807, 2.05) is 0 Å². The van der Waals surface area contributed by atoms with Crippen LogP contribution in [0, 0.1) is 0 Å². The summed E-state index contributed by atoms with van der Waals surface area (Å²) in [5.41, 5.74) is 0.727. The number of sulfonamides is 1. The molecule has 1 saturated heterocycles. The third-order valence-corrected chi connectivity index (χ3v) is 6.07. The molecule has 1 heterocycles. The van der Waals surface area contributed by atoms with Crippen LogP contribution in [0.15, 0.2) is 23.1 Å². The standard InChI is InChI=1S/C13H17Cl2NO3S/c1-19-11-4-6-16(7-5-11)20(17,18)12-3-2-10(9-14)13(15)8-12/h2-3,8,11H,4-7,9H2,1H3. The predicted octanol–water partition coefficient (Wildman–Crippen LogP) is 2.88. The molecule has 0 N–H and O–H groups in total. The number of benzene rings is 1.